The first-order valence-electron chi connectivity index (χ1n) is 5.93. The summed E-state index contributed by atoms with van der Waals surface area (Å²) in [5.41, 5.74) is 0.864. The van der Waals surface area contributed by atoms with Crippen LogP contribution in [0.4, 0.5) is 0 Å². The summed E-state index contributed by atoms with van der Waals surface area (Å²) in [7, 11) is 0. The maximum absolute atomic E-state index is 11.0. The molecule has 0 bridgehead atoms. The zero-order valence-corrected chi connectivity index (χ0v) is 10.2. The monoisotopic (exact) mass is 251 g/mol. The highest BCUT2D eigenvalue weighted by atomic mass is 16.4. The third-order valence-corrected chi connectivity index (χ3v) is 3.45. The molecule has 0 amide bonds. The van der Waals surface area contributed by atoms with Crippen LogP contribution < -0.4 is 0 Å². The van der Waals surface area contributed by atoms with Crippen molar-refractivity contribution in [2.24, 2.45) is 11.8 Å². The predicted octanol–water partition coefficient (Wildman–Crippen LogP) is 1.25. The molecule has 1 aliphatic heterocycles. The molecule has 18 heavy (non-hydrogen) atoms. The Morgan fingerprint density at radius 3 is 2.61 bits per heavy atom. The van der Waals surface area contributed by atoms with Crippen molar-refractivity contribution in [2.75, 3.05) is 13.1 Å². The molecule has 3 N–H and O–H groups in total. The number of likely N-dealkylation sites (tertiary alicyclic amines) is 1. The Kier molecular flexibility index (Phi) is 3.43. The van der Waals surface area contributed by atoms with Gasteiger partial charge in [-0.3, -0.25) is 9.69 Å². The average Bonchev–Trinajstić information content (AvgIpc) is 2.65. The summed E-state index contributed by atoms with van der Waals surface area (Å²) in [5, 5.41) is 27.7. The Labute approximate surface area is 105 Å². The van der Waals surface area contributed by atoms with E-state index in [0.717, 1.165) is 12.1 Å². The third kappa shape index (κ3) is 2.56. The number of carbonyl (C=O) groups is 1. The predicted molar refractivity (Wildman–Crippen MR) is 65.3 cm³/mol. The molecule has 5 heteroatoms. The number of phenols is 2. The summed E-state index contributed by atoms with van der Waals surface area (Å²) < 4.78 is 0. The lowest BCUT2D eigenvalue weighted by atomic mass is 9.99. The minimum absolute atomic E-state index is 0.133. The van der Waals surface area contributed by atoms with Gasteiger partial charge in [-0.1, -0.05) is 13.0 Å². The molecule has 0 radical (unpaired) electrons. The van der Waals surface area contributed by atoms with Crippen LogP contribution in [0.25, 0.3) is 0 Å². The van der Waals surface area contributed by atoms with Gasteiger partial charge in [-0.15, -0.1) is 0 Å². The highest BCUT2D eigenvalue weighted by Crippen LogP contribution is 2.28. The molecular formula is C13H17NO4. The van der Waals surface area contributed by atoms with E-state index in [0.29, 0.717) is 13.1 Å². The number of benzene rings is 1. The number of aromatic hydroxyl groups is 2. The number of hydrogen-bond acceptors (Lipinski definition) is 4. The standard InChI is InChI=1S/C13H17NO4/c1-8-5-14(7-10(8)13(17)18)6-9-2-3-11(15)12(16)4-9/h2-4,8,10,15-16H,5-7H2,1H3,(H,17,18)/t8-,10-/m1/s1. The summed E-state index contributed by atoms with van der Waals surface area (Å²) in [5.74, 6) is -1.23. The first-order valence-corrected chi connectivity index (χ1v) is 5.93. The van der Waals surface area contributed by atoms with Crippen LogP contribution in [0.15, 0.2) is 18.2 Å². The van der Waals surface area contributed by atoms with Crippen molar-refractivity contribution in [3.63, 3.8) is 0 Å². The van der Waals surface area contributed by atoms with Gasteiger partial charge in [-0.05, 0) is 23.6 Å². The van der Waals surface area contributed by atoms with Crippen molar-refractivity contribution in [1.82, 2.24) is 4.90 Å². The molecule has 1 aromatic rings. The first-order chi connectivity index (χ1) is 8.47. The molecule has 1 aliphatic rings. The Morgan fingerprint density at radius 2 is 2.06 bits per heavy atom. The number of phenolic OH excluding ortho intramolecular Hbond substituents is 2. The van der Waals surface area contributed by atoms with Crippen LogP contribution in [0, 0.1) is 11.8 Å². The van der Waals surface area contributed by atoms with E-state index in [2.05, 4.69) is 4.90 Å². The quantitative estimate of drug-likeness (QED) is 0.704. The molecule has 2 atom stereocenters. The van der Waals surface area contributed by atoms with E-state index >= 15 is 0 Å². The zero-order valence-electron chi connectivity index (χ0n) is 10.2. The normalized spacial score (nSPS) is 24.3. The Hall–Kier alpha value is -1.75. The van der Waals surface area contributed by atoms with Gasteiger partial charge >= 0.3 is 5.97 Å². The van der Waals surface area contributed by atoms with Gasteiger partial charge in [-0.25, -0.2) is 0 Å². The van der Waals surface area contributed by atoms with Crippen LogP contribution in [0.3, 0.4) is 0 Å². The Morgan fingerprint density at radius 1 is 1.33 bits per heavy atom. The summed E-state index contributed by atoms with van der Waals surface area (Å²) in [4.78, 5) is 13.1. The molecule has 0 aliphatic carbocycles. The highest BCUT2D eigenvalue weighted by Gasteiger charge is 2.34. The van der Waals surface area contributed by atoms with Crippen LogP contribution in [0.5, 0.6) is 11.5 Å². The molecule has 1 fully saturated rings. The second-order valence-corrected chi connectivity index (χ2v) is 4.94. The van der Waals surface area contributed by atoms with Gasteiger partial charge in [0.15, 0.2) is 11.5 Å². The van der Waals surface area contributed by atoms with E-state index in [1.165, 1.54) is 12.1 Å². The summed E-state index contributed by atoms with van der Waals surface area (Å²) in [6.07, 6.45) is 0. The zero-order chi connectivity index (χ0) is 13.3. The Bertz CT molecular complexity index is 460. The number of carboxylic acids is 1. The number of aliphatic carboxylic acids is 1. The van der Waals surface area contributed by atoms with Gasteiger partial charge in [0.25, 0.3) is 0 Å². The van der Waals surface area contributed by atoms with E-state index < -0.39 is 5.97 Å². The molecule has 2 rings (SSSR count). The van der Waals surface area contributed by atoms with Crippen molar-refractivity contribution in [1.29, 1.82) is 0 Å². The van der Waals surface area contributed by atoms with Crippen molar-refractivity contribution >= 4 is 5.97 Å². The van der Waals surface area contributed by atoms with Crippen molar-refractivity contribution in [3.8, 4) is 11.5 Å². The summed E-state index contributed by atoms with van der Waals surface area (Å²) >= 11 is 0. The molecule has 0 unspecified atom stereocenters. The molecule has 0 spiro atoms. The fraction of sp³-hybridized carbons (Fsp3) is 0.462. The van der Waals surface area contributed by atoms with Crippen molar-refractivity contribution in [3.05, 3.63) is 23.8 Å². The van der Waals surface area contributed by atoms with Gasteiger partial charge in [-0.2, -0.15) is 0 Å². The molecule has 0 saturated carbocycles. The van der Waals surface area contributed by atoms with Crippen LogP contribution in [0.2, 0.25) is 0 Å². The first kappa shape index (κ1) is 12.7. The second-order valence-electron chi connectivity index (χ2n) is 4.94. The summed E-state index contributed by atoms with van der Waals surface area (Å²) in [6, 6.07) is 4.68. The number of nitrogens with zero attached hydrogens (tertiary/aromatic N) is 1. The molecule has 5 nitrogen and oxygen atoms in total. The second kappa shape index (κ2) is 4.86. The fourth-order valence-electron chi connectivity index (χ4n) is 2.44. The molecule has 1 saturated heterocycles. The van der Waals surface area contributed by atoms with Gasteiger partial charge in [0.1, 0.15) is 0 Å². The minimum Gasteiger partial charge on any atom is -0.504 e. The fourth-order valence-corrected chi connectivity index (χ4v) is 2.44. The highest BCUT2D eigenvalue weighted by molar-refractivity contribution is 5.71. The van der Waals surface area contributed by atoms with Crippen LogP contribution >= 0.6 is 0 Å². The van der Waals surface area contributed by atoms with Crippen LogP contribution in [0.1, 0.15) is 12.5 Å². The third-order valence-electron chi connectivity index (χ3n) is 3.45. The number of carboxylic acid groups (broad SMARTS) is 1. The SMILES string of the molecule is C[C@@H]1CN(Cc2ccc(O)c(O)c2)C[C@H]1C(=O)O. The largest absolute Gasteiger partial charge is 0.504 e. The number of rotatable bonds is 3. The molecule has 1 aromatic carbocycles. The Balaban J connectivity index is 2.03. The molecule has 98 valence electrons. The van der Waals surface area contributed by atoms with Gasteiger partial charge in [0.2, 0.25) is 0 Å². The van der Waals surface area contributed by atoms with E-state index in [4.69, 9.17) is 5.11 Å². The maximum atomic E-state index is 11.0. The van der Waals surface area contributed by atoms with Crippen LogP contribution in [-0.2, 0) is 11.3 Å². The van der Waals surface area contributed by atoms with E-state index in [-0.39, 0.29) is 23.3 Å². The topological polar surface area (TPSA) is 81.0 Å². The van der Waals surface area contributed by atoms with E-state index in [9.17, 15) is 15.0 Å². The van der Waals surface area contributed by atoms with Crippen molar-refractivity contribution in [2.45, 2.75) is 13.5 Å². The van der Waals surface area contributed by atoms with E-state index in [1.54, 1.807) is 6.07 Å². The van der Waals surface area contributed by atoms with Gasteiger partial charge in [0, 0.05) is 19.6 Å². The maximum Gasteiger partial charge on any atom is 0.308 e. The lowest BCUT2D eigenvalue weighted by molar-refractivity contribution is -0.142. The smallest absolute Gasteiger partial charge is 0.308 e. The molecular weight excluding hydrogens is 234 g/mol. The number of hydrogen-bond donors (Lipinski definition) is 3. The van der Waals surface area contributed by atoms with Gasteiger partial charge in [0.05, 0.1) is 5.92 Å². The van der Waals surface area contributed by atoms with Gasteiger partial charge < -0.3 is 15.3 Å². The lowest BCUT2D eigenvalue weighted by Gasteiger charge is -2.15. The van der Waals surface area contributed by atoms with Crippen molar-refractivity contribution < 1.29 is 20.1 Å². The summed E-state index contributed by atoms with van der Waals surface area (Å²) in [6.45, 7) is 3.78. The van der Waals surface area contributed by atoms with Crippen LogP contribution in [-0.4, -0.2) is 39.3 Å². The minimum atomic E-state index is -0.751. The van der Waals surface area contributed by atoms with E-state index in [1.807, 2.05) is 6.92 Å². The molecule has 1 heterocycles. The molecule has 0 aromatic heterocycles. The average molecular weight is 251 g/mol. The lowest BCUT2D eigenvalue weighted by Crippen LogP contribution is -2.23.